The second-order valence-electron chi connectivity index (χ2n) is 3.10. The Balaban J connectivity index is 2.63. The summed E-state index contributed by atoms with van der Waals surface area (Å²) in [4.78, 5) is 14.8. The number of carbonyl (C=O) groups excluding carboxylic acids is 1. The van der Waals surface area contributed by atoms with Crippen molar-refractivity contribution in [2.45, 2.75) is 26.2 Å². The molecule has 1 aromatic rings. The molecule has 0 saturated carbocycles. The van der Waals surface area contributed by atoms with Gasteiger partial charge >= 0.3 is 0 Å². The van der Waals surface area contributed by atoms with Crippen molar-refractivity contribution in [3.05, 3.63) is 29.6 Å². The Morgan fingerprint density at radius 2 is 2.36 bits per heavy atom. The largest absolute Gasteiger partial charge is 0.293 e. The summed E-state index contributed by atoms with van der Waals surface area (Å²) < 4.78 is 0. The van der Waals surface area contributed by atoms with Crippen LogP contribution in [0.5, 0.6) is 0 Å². The highest BCUT2D eigenvalue weighted by Gasteiger charge is 2.04. The monoisotopic (exact) mass is 194 g/mol. The zero-order chi connectivity index (χ0) is 10.4. The maximum absolute atomic E-state index is 10.9. The number of amides is 1. The van der Waals surface area contributed by atoms with E-state index in [1.165, 1.54) is 0 Å². The van der Waals surface area contributed by atoms with Crippen molar-refractivity contribution in [2.75, 3.05) is 0 Å². The summed E-state index contributed by atoms with van der Waals surface area (Å²) in [6.07, 6.45) is 4.90. The lowest BCUT2D eigenvalue weighted by atomic mass is 10.1. The van der Waals surface area contributed by atoms with E-state index in [4.69, 9.17) is 5.21 Å². The second kappa shape index (κ2) is 5.34. The van der Waals surface area contributed by atoms with Gasteiger partial charge in [0.25, 0.3) is 5.91 Å². The number of hydroxylamine groups is 1. The van der Waals surface area contributed by atoms with Crippen LogP contribution in [0.25, 0.3) is 0 Å². The van der Waals surface area contributed by atoms with Crippen LogP contribution in [0.3, 0.4) is 0 Å². The van der Waals surface area contributed by atoms with Gasteiger partial charge in [-0.2, -0.15) is 0 Å². The van der Waals surface area contributed by atoms with Gasteiger partial charge in [0.2, 0.25) is 0 Å². The van der Waals surface area contributed by atoms with Crippen LogP contribution in [0.1, 0.15) is 35.8 Å². The first-order valence-corrected chi connectivity index (χ1v) is 4.67. The van der Waals surface area contributed by atoms with Gasteiger partial charge in [-0.1, -0.05) is 19.4 Å². The fourth-order valence-corrected chi connectivity index (χ4v) is 1.14. The molecular formula is C10H14N2O2. The Morgan fingerprint density at radius 1 is 1.57 bits per heavy atom. The molecule has 0 aliphatic heterocycles. The average Bonchev–Trinajstić information content (AvgIpc) is 2.26. The molecule has 4 heteroatoms. The minimum absolute atomic E-state index is 0.229. The van der Waals surface area contributed by atoms with E-state index in [0.717, 1.165) is 24.8 Å². The van der Waals surface area contributed by atoms with E-state index < -0.39 is 5.91 Å². The molecule has 0 atom stereocenters. The lowest BCUT2D eigenvalue weighted by Crippen LogP contribution is -2.19. The van der Waals surface area contributed by atoms with Crippen molar-refractivity contribution in [2.24, 2.45) is 0 Å². The molecule has 1 heterocycles. The van der Waals surface area contributed by atoms with Gasteiger partial charge < -0.3 is 0 Å². The maximum Gasteiger partial charge on any atom is 0.293 e. The van der Waals surface area contributed by atoms with Crippen molar-refractivity contribution >= 4 is 5.91 Å². The number of unbranched alkanes of at least 4 members (excludes halogenated alkanes) is 1. The highest BCUT2D eigenvalue weighted by Crippen LogP contribution is 2.04. The Bertz CT molecular complexity index is 295. The summed E-state index contributed by atoms with van der Waals surface area (Å²) in [6.45, 7) is 2.13. The molecular weight excluding hydrogens is 180 g/mol. The summed E-state index contributed by atoms with van der Waals surface area (Å²) >= 11 is 0. The molecule has 0 bridgehead atoms. The molecule has 0 aromatic carbocycles. The zero-order valence-corrected chi connectivity index (χ0v) is 8.16. The third kappa shape index (κ3) is 2.81. The number of nitrogens with one attached hydrogen (secondary N) is 1. The molecule has 1 aromatic heterocycles. The van der Waals surface area contributed by atoms with Crippen molar-refractivity contribution in [3.63, 3.8) is 0 Å². The molecule has 0 saturated heterocycles. The first-order chi connectivity index (χ1) is 6.77. The maximum atomic E-state index is 10.9. The van der Waals surface area contributed by atoms with E-state index in [1.807, 2.05) is 6.07 Å². The molecule has 1 rings (SSSR count). The SMILES string of the molecule is CCCCc1ccc(C(=O)NO)nc1. The second-order valence-corrected chi connectivity index (χ2v) is 3.10. The van der Waals surface area contributed by atoms with Crippen molar-refractivity contribution in [3.8, 4) is 0 Å². The van der Waals surface area contributed by atoms with Gasteiger partial charge in [0.1, 0.15) is 5.69 Å². The van der Waals surface area contributed by atoms with Gasteiger partial charge in [-0.3, -0.25) is 15.0 Å². The highest BCUT2D eigenvalue weighted by atomic mass is 16.5. The Hall–Kier alpha value is -1.42. The van der Waals surface area contributed by atoms with Gasteiger partial charge in [-0.05, 0) is 24.5 Å². The van der Waals surface area contributed by atoms with E-state index in [1.54, 1.807) is 17.7 Å². The Kier molecular flexibility index (Phi) is 4.07. The standard InChI is InChI=1S/C10H14N2O2/c1-2-3-4-8-5-6-9(11-7-8)10(13)12-14/h5-7,14H,2-4H2,1H3,(H,12,13). The van der Waals surface area contributed by atoms with Crippen molar-refractivity contribution in [1.29, 1.82) is 0 Å². The molecule has 0 unspecified atom stereocenters. The van der Waals surface area contributed by atoms with E-state index in [0.29, 0.717) is 0 Å². The minimum atomic E-state index is -0.577. The van der Waals surface area contributed by atoms with Crippen LogP contribution in [0.15, 0.2) is 18.3 Å². The van der Waals surface area contributed by atoms with Gasteiger partial charge in [-0.25, -0.2) is 5.48 Å². The average molecular weight is 194 g/mol. The van der Waals surface area contributed by atoms with Crippen LogP contribution in [-0.2, 0) is 6.42 Å². The lowest BCUT2D eigenvalue weighted by Gasteiger charge is -2.00. The predicted molar refractivity (Wildman–Crippen MR) is 52.1 cm³/mol. The van der Waals surface area contributed by atoms with Crippen LogP contribution < -0.4 is 5.48 Å². The summed E-state index contributed by atoms with van der Waals surface area (Å²) in [5.74, 6) is -0.577. The highest BCUT2D eigenvalue weighted by molar-refractivity contribution is 5.91. The summed E-state index contributed by atoms with van der Waals surface area (Å²) in [7, 11) is 0. The third-order valence-corrected chi connectivity index (χ3v) is 1.98. The molecule has 4 nitrogen and oxygen atoms in total. The van der Waals surface area contributed by atoms with E-state index >= 15 is 0 Å². The quantitative estimate of drug-likeness (QED) is 0.564. The number of aryl methyl sites for hydroxylation is 1. The topological polar surface area (TPSA) is 62.2 Å². The first kappa shape index (κ1) is 10.7. The molecule has 14 heavy (non-hydrogen) atoms. The predicted octanol–water partition coefficient (Wildman–Crippen LogP) is 1.54. The minimum Gasteiger partial charge on any atom is -0.288 e. The molecule has 1 amide bonds. The number of hydrogen-bond acceptors (Lipinski definition) is 3. The molecule has 2 N–H and O–H groups in total. The summed E-state index contributed by atoms with van der Waals surface area (Å²) in [5, 5.41) is 8.36. The Labute approximate surface area is 82.9 Å². The molecule has 0 radical (unpaired) electrons. The third-order valence-electron chi connectivity index (χ3n) is 1.98. The lowest BCUT2D eigenvalue weighted by molar-refractivity contribution is 0.0700. The number of carbonyl (C=O) groups is 1. The van der Waals surface area contributed by atoms with Crippen molar-refractivity contribution < 1.29 is 10.0 Å². The van der Waals surface area contributed by atoms with Gasteiger partial charge in [0.15, 0.2) is 0 Å². The van der Waals surface area contributed by atoms with Crippen LogP contribution >= 0.6 is 0 Å². The smallest absolute Gasteiger partial charge is 0.288 e. The normalized spacial score (nSPS) is 9.86. The summed E-state index contributed by atoms with van der Waals surface area (Å²) in [5.41, 5.74) is 2.88. The summed E-state index contributed by atoms with van der Waals surface area (Å²) in [6, 6.07) is 3.46. The van der Waals surface area contributed by atoms with Gasteiger partial charge in [-0.15, -0.1) is 0 Å². The molecule has 0 aliphatic carbocycles. The van der Waals surface area contributed by atoms with Crippen LogP contribution in [0.2, 0.25) is 0 Å². The molecule has 0 spiro atoms. The number of nitrogens with zero attached hydrogens (tertiary/aromatic N) is 1. The zero-order valence-electron chi connectivity index (χ0n) is 8.16. The van der Waals surface area contributed by atoms with Gasteiger partial charge in [0.05, 0.1) is 0 Å². The van der Waals surface area contributed by atoms with Gasteiger partial charge in [0, 0.05) is 6.20 Å². The first-order valence-electron chi connectivity index (χ1n) is 4.67. The van der Waals surface area contributed by atoms with Crippen LogP contribution in [-0.4, -0.2) is 16.1 Å². The van der Waals surface area contributed by atoms with Crippen molar-refractivity contribution in [1.82, 2.24) is 10.5 Å². The van der Waals surface area contributed by atoms with E-state index in [2.05, 4.69) is 11.9 Å². The number of aromatic nitrogens is 1. The van der Waals surface area contributed by atoms with Crippen LogP contribution in [0, 0.1) is 0 Å². The molecule has 76 valence electrons. The number of rotatable bonds is 4. The Morgan fingerprint density at radius 3 is 2.86 bits per heavy atom. The fraction of sp³-hybridized carbons (Fsp3) is 0.400. The van der Waals surface area contributed by atoms with E-state index in [9.17, 15) is 4.79 Å². The van der Waals surface area contributed by atoms with Crippen LogP contribution in [0.4, 0.5) is 0 Å². The van der Waals surface area contributed by atoms with E-state index in [-0.39, 0.29) is 5.69 Å². The number of hydrogen-bond donors (Lipinski definition) is 2. The molecule has 0 fully saturated rings. The number of pyridine rings is 1. The molecule has 0 aliphatic rings. The fourth-order valence-electron chi connectivity index (χ4n) is 1.14.